The lowest BCUT2D eigenvalue weighted by atomic mass is 9.82. The lowest BCUT2D eigenvalue weighted by Crippen LogP contribution is -2.33. The molecule has 1 aromatic carbocycles. The summed E-state index contributed by atoms with van der Waals surface area (Å²) in [7, 11) is 0. The van der Waals surface area contributed by atoms with Gasteiger partial charge in [0.2, 0.25) is 0 Å². The number of aryl methyl sites for hydroxylation is 1. The zero-order valence-electron chi connectivity index (χ0n) is 10.8. The lowest BCUT2D eigenvalue weighted by molar-refractivity contribution is 0.0847. The summed E-state index contributed by atoms with van der Waals surface area (Å²) >= 11 is 0. The van der Waals surface area contributed by atoms with Crippen molar-refractivity contribution in [3.63, 3.8) is 0 Å². The number of nitrogens with two attached hydrogens (primary N) is 1. The van der Waals surface area contributed by atoms with E-state index in [1.807, 2.05) is 32.9 Å². The Hall–Kier alpha value is -1.15. The van der Waals surface area contributed by atoms with Gasteiger partial charge >= 0.3 is 0 Å². The van der Waals surface area contributed by atoms with Gasteiger partial charge in [-0.25, -0.2) is 0 Å². The number of rotatable bonds is 3. The average Bonchev–Trinajstić information content (AvgIpc) is 2.25. The molecule has 0 amide bonds. The van der Waals surface area contributed by atoms with E-state index in [9.17, 15) is 4.79 Å². The molecular weight excluding hydrogens is 198 g/mol. The summed E-state index contributed by atoms with van der Waals surface area (Å²) in [5.74, 6) is 0.135. The van der Waals surface area contributed by atoms with Gasteiger partial charge in [-0.3, -0.25) is 4.79 Å². The van der Waals surface area contributed by atoms with Crippen LogP contribution in [-0.4, -0.2) is 12.3 Å². The van der Waals surface area contributed by atoms with E-state index in [0.717, 1.165) is 11.1 Å². The molecule has 0 radical (unpaired) electrons. The summed E-state index contributed by atoms with van der Waals surface area (Å²) in [5, 5.41) is 0. The van der Waals surface area contributed by atoms with E-state index in [4.69, 9.17) is 5.73 Å². The summed E-state index contributed by atoms with van der Waals surface area (Å²) in [4.78, 5) is 12.3. The maximum absolute atomic E-state index is 12.3. The highest BCUT2D eigenvalue weighted by Gasteiger charge is 2.28. The number of Topliss-reactive ketones (excluding diaryl/α,β-unsaturated/α-hetero) is 1. The monoisotopic (exact) mass is 219 g/mol. The van der Waals surface area contributed by atoms with Gasteiger partial charge < -0.3 is 5.73 Å². The van der Waals surface area contributed by atoms with Gasteiger partial charge in [-0.1, -0.05) is 26.0 Å². The Morgan fingerprint density at radius 3 is 2.25 bits per heavy atom. The molecule has 0 spiro atoms. The van der Waals surface area contributed by atoms with Gasteiger partial charge in [0.05, 0.1) is 0 Å². The third-order valence-corrected chi connectivity index (χ3v) is 3.43. The zero-order chi connectivity index (χ0) is 12.5. The van der Waals surface area contributed by atoms with E-state index in [-0.39, 0.29) is 5.78 Å². The maximum atomic E-state index is 12.3. The normalized spacial score (nSPS) is 11.6. The fraction of sp³-hybridized carbons (Fsp3) is 0.500. The second kappa shape index (κ2) is 4.38. The Bertz CT molecular complexity index is 419. The maximum Gasteiger partial charge on any atom is 0.169 e. The fourth-order valence-electron chi connectivity index (χ4n) is 1.66. The van der Waals surface area contributed by atoms with E-state index in [0.29, 0.717) is 6.54 Å². The number of carbonyl (C=O) groups excluding carboxylic acids is 1. The first-order valence-electron chi connectivity index (χ1n) is 5.63. The van der Waals surface area contributed by atoms with Crippen molar-refractivity contribution in [2.24, 2.45) is 11.1 Å². The van der Waals surface area contributed by atoms with E-state index in [1.165, 1.54) is 11.1 Å². The van der Waals surface area contributed by atoms with Gasteiger partial charge in [0.1, 0.15) is 0 Å². The molecule has 2 nitrogen and oxygen atoms in total. The molecule has 1 aromatic rings. The molecule has 16 heavy (non-hydrogen) atoms. The quantitative estimate of drug-likeness (QED) is 0.794. The molecule has 0 aromatic heterocycles. The van der Waals surface area contributed by atoms with Crippen LogP contribution < -0.4 is 5.73 Å². The minimum absolute atomic E-state index is 0.135. The molecular formula is C14H21NO. The highest BCUT2D eigenvalue weighted by Crippen LogP contribution is 2.25. The summed E-state index contributed by atoms with van der Waals surface area (Å²) in [6, 6.07) is 3.92. The average molecular weight is 219 g/mol. The van der Waals surface area contributed by atoms with Gasteiger partial charge in [0, 0.05) is 17.5 Å². The van der Waals surface area contributed by atoms with Crippen LogP contribution in [0.15, 0.2) is 12.1 Å². The van der Waals surface area contributed by atoms with Crippen molar-refractivity contribution in [3.05, 3.63) is 34.4 Å². The van der Waals surface area contributed by atoms with Crippen LogP contribution in [0.1, 0.15) is 40.9 Å². The van der Waals surface area contributed by atoms with Gasteiger partial charge in [0.15, 0.2) is 5.78 Å². The van der Waals surface area contributed by atoms with Crippen LogP contribution >= 0.6 is 0 Å². The van der Waals surface area contributed by atoms with Crippen LogP contribution in [0.2, 0.25) is 0 Å². The van der Waals surface area contributed by atoms with E-state index < -0.39 is 5.41 Å². The minimum Gasteiger partial charge on any atom is -0.329 e. The van der Waals surface area contributed by atoms with Gasteiger partial charge in [-0.15, -0.1) is 0 Å². The molecule has 0 unspecified atom stereocenters. The predicted octanol–water partition coefficient (Wildman–Crippen LogP) is 2.78. The van der Waals surface area contributed by atoms with Crippen molar-refractivity contribution in [2.45, 2.75) is 34.6 Å². The van der Waals surface area contributed by atoms with E-state index in [2.05, 4.69) is 13.8 Å². The van der Waals surface area contributed by atoms with Crippen molar-refractivity contribution < 1.29 is 4.79 Å². The van der Waals surface area contributed by atoms with Crippen molar-refractivity contribution in [3.8, 4) is 0 Å². The number of ketones is 1. The molecule has 2 heteroatoms. The summed E-state index contributed by atoms with van der Waals surface area (Å²) in [6.45, 7) is 10.3. The fourth-order valence-corrected chi connectivity index (χ4v) is 1.66. The first kappa shape index (κ1) is 12.9. The Morgan fingerprint density at radius 1 is 1.19 bits per heavy atom. The predicted molar refractivity (Wildman–Crippen MR) is 67.8 cm³/mol. The Morgan fingerprint density at radius 2 is 1.75 bits per heavy atom. The van der Waals surface area contributed by atoms with Gasteiger partial charge in [-0.05, 0) is 37.5 Å². The van der Waals surface area contributed by atoms with Crippen LogP contribution in [0.25, 0.3) is 0 Å². The molecule has 0 bridgehead atoms. The van der Waals surface area contributed by atoms with Crippen molar-refractivity contribution >= 4 is 5.78 Å². The third kappa shape index (κ3) is 2.17. The molecule has 0 atom stereocenters. The van der Waals surface area contributed by atoms with Crippen molar-refractivity contribution in [1.82, 2.24) is 0 Å². The molecule has 0 heterocycles. The molecule has 0 aliphatic rings. The standard InChI is InChI=1S/C14H21NO/c1-9-6-7-12(11(3)10(9)2)13(16)14(4,5)8-15/h6-7H,8,15H2,1-5H3. The van der Waals surface area contributed by atoms with Crippen LogP contribution in [-0.2, 0) is 0 Å². The molecule has 0 aliphatic heterocycles. The molecule has 0 aliphatic carbocycles. The Labute approximate surface area is 97.9 Å². The third-order valence-electron chi connectivity index (χ3n) is 3.43. The number of benzene rings is 1. The summed E-state index contributed by atoms with van der Waals surface area (Å²) in [5.41, 5.74) is 9.46. The van der Waals surface area contributed by atoms with Crippen molar-refractivity contribution in [1.29, 1.82) is 0 Å². The van der Waals surface area contributed by atoms with Gasteiger partial charge in [0.25, 0.3) is 0 Å². The molecule has 1 rings (SSSR count). The van der Waals surface area contributed by atoms with Crippen LogP contribution in [0.3, 0.4) is 0 Å². The summed E-state index contributed by atoms with van der Waals surface area (Å²) < 4.78 is 0. The second-order valence-electron chi connectivity index (χ2n) is 5.10. The highest BCUT2D eigenvalue weighted by molar-refractivity contribution is 6.01. The lowest BCUT2D eigenvalue weighted by Gasteiger charge is -2.22. The molecule has 0 fully saturated rings. The molecule has 88 valence electrons. The Balaban J connectivity index is 3.26. The minimum atomic E-state index is -0.480. The van der Waals surface area contributed by atoms with Gasteiger partial charge in [-0.2, -0.15) is 0 Å². The summed E-state index contributed by atoms with van der Waals surface area (Å²) in [6.07, 6.45) is 0. The van der Waals surface area contributed by atoms with Crippen LogP contribution in [0, 0.1) is 26.2 Å². The topological polar surface area (TPSA) is 43.1 Å². The van der Waals surface area contributed by atoms with E-state index in [1.54, 1.807) is 0 Å². The van der Waals surface area contributed by atoms with Crippen LogP contribution in [0.5, 0.6) is 0 Å². The van der Waals surface area contributed by atoms with Crippen LogP contribution in [0.4, 0.5) is 0 Å². The molecule has 0 saturated carbocycles. The number of carbonyl (C=O) groups is 1. The molecule has 0 saturated heterocycles. The second-order valence-corrected chi connectivity index (χ2v) is 5.10. The number of hydrogen-bond acceptors (Lipinski definition) is 2. The molecule has 2 N–H and O–H groups in total. The highest BCUT2D eigenvalue weighted by atomic mass is 16.1. The Kier molecular flexibility index (Phi) is 3.54. The number of hydrogen-bond donors (Lipinski definition) is 1. The van der Waals surface area contributed by atoms with Crippen molar-refractivity contribution in [2.75, 3.05) is 6.54 Å². The first-order chi connectivity index (χ1) is 7.31. The zero-order valence-corrected chi connectivity index (χ0v) is 10.8. The smallest absolute Gasteiger partial charge is 0.169 e. The first-order valence-corrected chi connectivity index (χ1v) is 5.63. The SMILES string of the molecule is Cc1ccc(C(=O)C(C)(C)CN)c(C)c1C. The van der Waals surface area contributed by atoms with E-state index >= 15 is 0 Å². The largest absolute Gasteiger partial charge is 0.329 e.